The molecule has 0 saturated carbocycles. The third kappa shape index (κ3) is 2.87. The average molecular weight is 307 g/mol. The molecule has 1 aliphatic heterocycles. The highest BCUT2D eigenvalue weighted by atomic mass is 32.2. The normalized spacial score (nSPS) is 17.2. The van der Waals surface area contributed by atoms with Crippen molar-refractivity contribution in [3.05, 3.63) is 23.8 Å². The standard InChI is InChI=1S/C11H12F3N3O2S/c1-6(2)15-10-16-8-4-3-7(11(12,13)14)5-9(8)20(18,19)17-10/h3-6H,1-2H3,(H2,15,16,17). The minimum Gasteiger partial charge on any atom is -0.353 e. The van der Waals surface area contributed by atoms with Gasteiger partial charge in [-0.1, -0.05) is 0 Å². The molecule has 1 aromatic carbocycles. The first-order valence-electron chi connectivity index (χ1n) is 5.69. The Morgan fingerprint density at radius 3 is 2.50 bits per heavy atom. The van der Waals surface area contributed by atoms with E-state index in [0.29, 0.717) is 6.07 Å². The van der Waals surface area contributed by atoms with Crippen LogP contribution < -0.4 is 10.6 Å². The molecule has 0 aromatic heterocycles. The van der Waals surface area contributed by atoms with Crippen LogP contribution in [0, 0.1) is 0 Å². The van der Waals surface area contributed by atoms with Crippen molar-refractivity contribution in [3.8, 4) is 0 Å². The van der Waals surface area contributed by atoms with Crippen molar-refractivity contribution < 1.29 is 21.6 Å². The Labute approximate surface area is 114 Å². The molecular formula is C11H12F3N3O2S. The largest absolute Gasteiger partial charge is 0.416 e. The molecule has 0 spiro atoms. The first-order chi connectivity index (χ1) is 9.09. The number of hydrogen-bond acceptors (Lipinski definition) is 4. The fourth-order valence-electron chi connectivity index (χ4n) is 1.67. The van der Waals surface area contributed by atoms with Crippen LogP contribution in [0.1, 0.15) is 19.4 Å². The molecule has 0 aliphatic carbocycles. The molecular weight excluding hydrogens is 295 g/mol. The maximum Gasteiger partial charge on any atom is 0.416 e. The van der Waals surface area contributed by atoms with Gasteiger partial charge in [-0.3, -0.25) is 0 Å². The minimum absolute atomic E-state index is 0.00717. The predicted octanol–water partition coefficient (Wildman–Crippen LogP) is 2.17. The number of guanidine groups is 1. The van der Waals surface area contributed by atoms with E-state index < -0.39 is 26.7 Å². The van der Waals surface area contributed by atoms with Crippen LogP contribution in [-0.4, -0.2) is 20.4 Å². The topological polar surface area (TPSA) is 70.6 Å². The molecule has 0 saturated heterocycles. The Balaban J connectivity index is 2.48. The molecule has 1 aromatic rings. The van der Waals surface area contributed by atoms with Crippen LogP contribution >= 0.6 is 0 Å². The smallest absolute Gasteiger partial charge is 0.353 e. The highest BCUT2D eigenvalue weighted by molar-refractivity contribution is 7.90. The Kier molecular flexibility index (Phi) is 3.41. The fraction of sp³-hybridized carbons (Fsp3) is 0.364. The van der Waals surface area contributed by atoms with Gasteiger partial charge in [0.2, 0.25) is 5.96 Å². The maximum absolute atomic E-state index is 12.6. The number of alkyl halides is 3. The second-order valence-corrected chi connectivity index (χ2v) is 6.12. The fourth-order valence-corrected chi connectivity index (χ4v) is 2.78. The molecule has 20 heavy (non-hydrogen) atoms. The second kappa shape index (κ2) is 4.65. The number of nitrogens with zero attached hydrogens (tertiary/aromatic N) is 1. The molecule has 0 atom stereocenters. The highest BCUT2D eigenvalue weighted by Crippen LogP contribution is 2.35. The van der Waals surface area contributed by atoms with E-state index in [-0.39, 0.29) is 17.7 Å². The lowest BCUT2D eigenvalue weighted by Crippen LogP contribution is -2.38. The predicted molar refractivity (Wildman–Crippen MR) is 68.0 cm³/mol. The van der Waals surface area contributed by atoms with Crippen LogP contribution in [-0.2, 0) is 16.2 Å². The van der Waals surface area contributed by atoms with Gasteiger partial charge in [-0.2, -0.15) is 21.6 Å². The van der Waals surface area contributed by atoms with E-state index in [1.54, 1.807) is 13.8 Å². The summed E-state index contributed by atoms with van der Waals surface area (Å²) in [5, 5.41) is 5.42. The number of sulfonamides is 1. The number of nitrogens with one attached hydrogen (secondary N) is 2. The molecule has 2 rings (SSSR count). The van der Waals surface area contributed by atoms with Gasteiger partial charge >= 0.3 is 6.18 Å². The molecule has 0 bridgehead atoms. The number of hydrogen-bond donors (Lipinski definition) is 2. The van der Waals surface area contributed by atoms with Crippen molar-refractivity contribution in [2.75, 3.05) is 5.32 Å². The quantitative estimate of drug-likeness (QED) is 0.834. The average Bonchev–Trinajstić information content (AvgIpc) is 2.25. The lowest BCUT2D eigenvalue weighted by atomic mass is 10.2. The van der Waals surface area contributed by atoms with Crippen LogP contribution in [0.4, 0.5) is 18.9 Å². The van der Waals surface area contributed by atoms with E-state index in [0.717, 1.165) is 12.1 Å². The first kappa shape index (κ1) is 14.6. The van der Waals surface area contributed by atoms with Crippen LogP contribution in [0.15, 0.2) is 27.5 Å². The van der Waals surface area contributed by atoms with E-state index in [2.05, 4.69) is 15.0 Å². The van der Waals surface area contributed by atoms with Gasteiger partial charge in [0.05, 0.1) is 11.3 Å². The molecule has 1 heterocycles. The molecule has 2 N–H and O–H groups in total. The molecule has 0 fully saturated rings. The monoisotopic (exact) mass is 307 g/mol. The summed E-state index contributed by atoms with van der Waals surface area (Å²) in [5.74, 6) is -0.00717. The summed E-state index contributed by atoms with van der Waals surface area (Å²) in [7, 11) is -4.16. The number of rotatable bonds is 1. The van der Waals surface area contributed by atoms with Crippen LogP contribution in [0.5, 0.6) is 0 Å². The van der Waals surface area contributed by atoms with E-state index >= 15 is 0 Å². The zero-order valence-electron chi connectivity index (χ0n) is 10.6. The second-order valence-electron chi connectivity index (χ2n) is 4.55. The molecule has 0 unspecified atom stereocenters. The van der Waals surface area contributed by atoms with Gasteiger partial charge in [-0.25, -0.2) is 0 Å². The van der Waals surface area contributed by atoms with E-state index in [4.69, 9.17) is 0 Å². The van der Waals surface area contributed by atoms with Gasteiger partial charge in [0.1, 0.15) is 4.90 Å². The van der Waals surface area contributed by atoms with Crippen molar-refractivity contribution in [3.63, 3.8) is 0 Å². The van der Waals surface area contributed by atoms with Gasteiger partial charge in [0, 0.05) is 6.04 Å². The lowest BCUT2D eigenvalue weighted by Gasteiger charge is -2.21. The van der Waals surface area contributed by atoms with E-state index in [9.17, 15) is 21.6 Å². The molecule has 9 heteroatoms. The Hall–Kier alpha value is -1.77. The van der Waals surface area contributed by atoms with E-state index in [1.165, 1.54) is 0 Å². The number of benzene rings is 1. The van der Waals surface area contributed by atoms with Gasteiger partial charge in [0.15, 0.2) is 0 Å². The van der Waals surface area contributed by atoms with Crippen LogP contribution in [0.2, 0.25) is 0 Å². The maximum atomic E-state index is 12.6. The van der Waals surface area contributed by atoms with Crippen molar-refractivity contribution >= 4 is 21.7 Å². The van der Waals surface area contributed by atoms with Crippen molar-refractivity contribution in [1.82, 2.24) is 5.32 Å². The number of fused-ring (bicyclic) bond motifs is 1. The summed E-state index contributed by atoms with van der Waals surface area (Å²) >= 11 is 0. The van der Waals surface area contributed by atoms with Gasteiger partial charge in [-0.05, 0) is 32.0 Å². The summed E-state index contributed by atoms with van der Waals surface area (Å²) in [6.07, 6.45) is -4.61. The summed E-state index contributed by atoms with van der Waals surface area (Å²) in [6.45, 7) is 3.55. The van der Waals surface area contributed by atoms with Crippen molar-refractivity contribution in [1.29, 1.82) is 0 Å². The number of anilines is 1. The van der Waals surface area contributed by atoms with Gasteiger partial charge in [-0.15, -0.1) is 4.40 Å². The number of halogens is 3. The molecule has 1 aliphatic rings. The summed E-state index contributed by atoms with van der Waals surface area (Å²) in [6, 6.07) is 2.40. The lowest BCUT2D eigenvalue weighted by molar-refractivity contribution is -0.137. The van der Waals surface area contributed by atoms with E-state index in [1.807, 2.05) is 0 Å². The third-order valence-corrected chi connectivity index (χ3v) is 3.79. The Morgan fingerprint density at radius 2 is 1.95 bits per heavy atom. The van der Waals surface area contributed by atoms with Crippen LogP contribution in [0.25, 0.3) is 0 Å². The summed E-state index contributed by atoms with van der Waals surface area (Å²) in [4.78, 5) is -0.485. The van der Waals surface area contributed by atoms with Gasteiger partial charge in [0.25, 0.3) is 10.0 Å². The zero-order chi connectivity index (χ0) is 15.1. The SMILES string of the molecule is CC(C)NC1=NS(=O)(=O)c2cc(C(F)(F)F)ccc2N1. The van der Waals surface area contributed by atoms with Crippen LogP contribution in [0.3, 0.4) is 0 Å². The first-order valence-corrected chi connectivity index (χ1v) is 7.13. The summed E-state index contributed by atoms with van der Waals surface area (Å²) < 4.78 is 65.0. The Bertz CT molecular complexity index is 666. The zero-order valence-corrected chi connectivity index (χ0v) is 11.4. The van der Waals surface area contributed by atoms with Crippen molar-refractivity contribution in [2.24, 2.45) is 4.40 Å². The highest BCUT2D eigenvalue weighted by Gasteiger charge is 2.34. The third-order valence-electron chi connectivity index (χ3n) is 2.48. The molecule has 0 radical (unpaired) electrons. The molecule has 5 nitrogen and oxygen atoms in total. The molecule has 0 amide bonds. The minimum atomic E-state index is -4.61. The molecule has 110 valence electrons. The van der Waals surface area contributed by atoms with Crippen molar-refractivity contribution in [2.45, 2.75) is 31.0 Å². The summed E-state index contributed by atoms with van der Waals surface area (Å²) in [5.41, 5.74) is -0.965. The Morgan fingerprint density at radius 1 is 1.30 bits per heavy atom. The van der Waals surface area contributed by atoms with Gasteiger partial charge < -0.3 is 10.6 Å².